The van der Waals surface area contributed by atoms with Gasteiger partial charge in [0.2, 0.25) is 0 Å². The van der Waals surface area contributed by atoms with Gasteiger partial charge in [-0.3, -0.25) is 19.7 Å². The standard InChI is InChI=1S/C18H12FN3O4S/c19-14-7-6-13(22(25)26)10-15(14)21-17(23)11-3-1-4-12(9-11)20-18(24)16-5-2-8-27-16/h1-10H,(H,20,24)(H,21,23). The Morgan fingerprint density at radius 2 is 1.81 bits per heavy atom. The summed E-state index contributed by atoms with van der Waals surface area (Å²) in [5, 5.41) is 17.5. The van der Waals surface area contributed by atoms with Crippen molar-refractivity contribution in [3.8, 4) is 0 Å². The number of anilines is 2. The van der Waals surface area contributed by atoms with E-state index in [9.17, 15) is 24.1 Å². The molecule has 2 aromatic carbocycles. The van der Waals surface area contributed by atoms with E-state index >= 15 is 0 Å². The van der Waals surface area contributed by atoms with Crippen molar-refractivity contribution in [3.63, 3.8) is 0 Å². The molecule has 27 heavy (non-hydrogen) atoms. The van der Waals surface area contributed by atoms with Crippen LogP contribution in [0.1, 0.15) is 20.0 Å². The van der Waals surface area contributed by atoms with E-state index in [0.29, 0.717) is 10.6 Å². The summed E-state index contributed by atoms with van der Waals surface area (Å²) < 4.78 is 13.8. The first-order valence-corrected chi connectivity index (χ1v) is 8.52. The summed E-state index contributed by atoms with van der Waals surface area (Å²) in [5.74, 6) is -1.77. The van der Waals surface area contributed by atoms with Gasteiger partial charge >= 0.3 is 0 Å². The number of thiophene rings is 1. The van der Waals surface area contributed by atoms with Crippen LogP contribution in [0.3, 0.4) is 0 Å². The van der Waals surface area contributed by atoms with Gasteiger partial charge in [-0.2, -0.15) is 0 Å². The van der Waals surface area contributed by atoms with Crippen LogP contribution in [-0.2, 0) is 0 Å². The van der Waals surface area contributed by atoms with Crippen LogP contribution in [0.2, 0.25) is 0 Å². The van der Waals surface area contributed by atoms with E-state index in [4.69, 9.17) is 0 Å². The largest absolute Gasteiger partial charge is 0.321 e. The number of benzene rings is 2. The van der Waals surface area contributed by atoms with E-state index in [2.05, 4.69) is 10.6 Å². The lowest BCUT2D eigenvalue weighted by Crippen LogP contribution is -2.15. The van der Waals surface area contributed by atoms with Crippen LogP contribution in [0.4, 0.5) is 21.5 Å². The van der Waals surface area contributed by atoms with E-state index in [1.54, 1.807) is 29.6 Å². The van der Waals surface area contributed by atoms with E-state index in [-0.39, 0.29) is 22.8 Å². The van der Waals surface area contributed by atoms with Crippen molar-refractivity contribution < 1.29 is 18.9 Å². The summed E-state index contributed by atoms with van der Waals surface area (Å²) in [7, 11) is 0. The second-order valence-corrected chi connectivity index (χ2v) is 6.34. The topological polar surface area (TPSA) is 101 Å². The number of hydrogen-bond donors (Lipinski definition) is 2. The minimum atomic E-state index is -0.795. The number of carbonyl (C=O) groups is 2. The Morgan fingerprint density at radius 3 is 2.52 bits per heavy atom. The summed E-state index contributed by atoms with van der Waals surface area (Å²) in [4.78, 5) is 35.1. The van der Waals surface area contributed by atoms with Gasteiger partial charge in [0.05, 0.1) is 15.5 Å². The predicted molar refractivity (Wildman–Crippen MR) is 99.7 cm³/mol. The lowest BCUT2D eigenvalue weighted by Gasteiger charge is -2.08. The fourth-order valence-electron chi connectivity index (χ4n) is 2.26. The Balaban J connectivity index is 1.77. The number of hydrogen-bond acceptors (Lipinski definition) is 5. The molecular weight excluding hydrogens is 373 g/mol. The van der Waals surface area contributed by atoms with Crippen LogP contribution in [-0.4, -0.2) is 16.7 Å². The van der Waals surface area contributed by atoms with Crippen molar-refractivity contribution in [1.29, 1.82) is 0 Å². The smallest absolute Gasteiger partial charge is 0.271 e. The Labute approximate surface area is 156 Å². The first kappa shape index (κ1) is 18.2. The zero-order valence-electron chi connectivity index (χ0n) is 13.6. The van der Waals surface area contributed by atoms with Gasteiger partial charge in [-0.1, -0.05) is 12.1 Å². The highest BCUT2D eigenvalue weighted by molar-refractivity contribution is 7.12. The molecule has 0 fully saturated rings. The molecule has 0 aliphatic rings. The van der Waals surface area contributed by atoms with E-state index in [1.165, 1.54) is 23.5 Å². The molecule has 0 aliphatic carbocycles. The van der Waals surface area contributed by atoms with Gasteiger partial charge < -0.3 is 10.6 Å². The van der Waals surface area contributed by atoms with Crippen molar-refractivity contribution in [3.05, 3.63) is 86.3 Å². The highest BCUT2D eigenvalue weighted by atomic mass is 32.1. The van der Waals surface area contributed by atoms with Gasteiger partial charge in [0.25, 0.3) is 17.5 Å². The first-order valence-electron chi connectivity index (χ1n) is 7.64. The van der Waals surface area contributed by atoms with Gasteiger partial charge in [0, 0.05) is 23.4 Å². The van der Waals surface area contributed by atoms with Gasteiger partial charge in [-0.25, -0.2) is 4.39 Å². The minimum Gasteiger partial charge on any atom is -0.321 e. The third-order valence-corrected chi connectivity index (χ3v) is 4.41. The normalized spacial score (nSPS) is 10.3. The van der Waals surface area contributed by atoms with Gasteiger partial charge in [0.15, 0.2) is 0 Å². The summed E-state index contributed by atoms with van der Waals surface area (Å²) in [5.41, 5.74) is -0.101. The molecule has 0 saturated heterocycles. The predicted octanol–water partition coefficient (Wildman–Crippen LogP) is 4.30. The zero-order chi connectivity index (χ0) is 19.4. The lowest BCUT2D eigenvalue weighted by molar-refractivity contribution is -0.384. The van der Waals surface area contributed by atoms with Crippen molar-refractivity contribution in [1.82, 2.24) is 0 Å². The molecule has 0 unspecified atom stereocenters. The molecule has 0 atom stereocenters. The average molecular weight is 385 g/mol. The molecule has 0 saturated carbocycles. The summed E-state index contributed by atoms with van der Waals surface area (Å²) in [6, 6.07) is 12.3. The van der Waals surface area contributed by atoms with Crippen molar-refractivity contribution in [2.24, 2.45) is 0 Å². The number of halogens is 1. The molecule has 1 aromatic heterocycles. The third kappa shape index (κ3) is 4.33. The molecule has 7 nitrogen and oxygen atoms in total. The summed E-state index contributed by atoms with van der Waals surface area (Å²) >= 11 is 1.28. The second-order valence-electron chi connectivity index (χ2n) is 5.39. The van der Waals surface area contributed by atoms with E-state index in [1.807, 2.05) is 0 Å². The fraction of sp³-hybridized carbons (Fsp3) is 0. The fourth-order valence-corrected chi connectivity index (χ4v) is 2.87. The molecule has 9 heteroatoms. The molecular formula is C18H12FN3O4S. The number of rotatable bonds is 5. The first-order chi connectivity index (χ1) is 12.9. The average Bonchev–Trinajstić information content (AvgIpc) is 3.18. The second kappa shape index (κ2) is 7.75. The van der Waals surface area contributed by atoms with Gasteiger partial charge in [0.1, 0.15) is 5.82 Å². The molecule has 2 N–H and O–H groups in total. The lowest BCUT2D eigenvalue weighted by atomic mass is 10.1. The maximum absolute atomic E-state index is 13.8. The SMILES string of the molecule is O=C(Nc1cc([N+](=O)[O-])ccc1F)c1cccc(NC(=O)c2cccs2)c1. The van der Waals surface area contributed by atoms with Crippen LogP contribution < -0.4 is 10.6 Å². The van der Waals surface area contributed by atoms with Crippen LogP contribution in [0.15, 0.2) is 60.0 Å². The Bertz CT molecular complexity index is 1020. The number of nitro benzene ring substituents is 1. The Kier molecular flexibility index (Phi) is 5.23. The van der Waals surface area contributed by atoms with Gasteiger partial charge in [-0.15, -0.1) is 11.3 Å². The van der Waals surface area contributed by atoms with E-state index < -0.39 is 16.6 Å². The highest BCUT2D eigenvalue weighted by Gasteiger charge is 2.15. The molecule has 1 heterocycles. The molecule has 0 bridgehead atoms. The van der Waals surface area contributed by atoms with Crippen molar-refractivity contribution in [2.45, 2.75) is 0 Å². The summed E-state index contributed by atoms with van der Waals surface area (Å²) in [6.45, 7) is 0. The Hall–Kier alpha value is -3.59. The monoisotopic (exact) mass is 385 g/mol. The molecule has 0 radical (unpaired) electrons. The number of amides is 2. The number of nitrogens with one attached hydrogen (secondary N) is 2. The Morgan fingerprint density at radius 1 is 1.00 bits per heavy atom. The van der Waals surface area contributed by atoms with Crippen LogP contribution >= 0.6 is 11.3 Å². The summed E-state index contributed by atoms with van der Waals surface area (Å²) in [6.07, 6.45) is 0. The quantitative estimate of drug-likeness (QED) is 0.505. The maximum atomic E-state index is 13.8. The molecule has 3 aromatic rings. The highest BCUT2D eigenvalue weighted by Crippen LogP contribution is 2.22. The van der Waals surface area contributed by atoms with Crippen LogP contribution in [0.5, 0.6) is 0 Å². The molecule has 136 valence electrons. The van der Waals surface area contributed by atoms with E-state index in [0.717, 1.165) is 18.2 Å². The van der Waals surface area contributed by atoms with Gasteiger partial charge in [-0.05, 0) is 35.7 Å². The van der Waals surface area contributed by atoms with Crippen LogP contribution in [0.25, 0.3) is 0 Å². The maximum Gasteiger partial charge on any atom is 0.271 e. The number of nitro groups is 1. The number of non-ortho nitro benzene ring substituents is 1. The van der Waals surface area contributed by atoms with Crippen molar-refractivity contribution >= 4 is 40.2 Å². The van der Waals surface area contributed by atoms with Crippen molar-refractivity contribution in [2.75, 3.05) is 10.6 Å². The number of carbonyl (C=O) groups excluding carboxylic acids is 2. The molecule has 0 spiro atoms. The molecule has 2 amide bonds. The third-order valence-electron chi connectivity index (χ3n) is 3.54. The number of nitrogens with zero attached hydrogens (tertiary/aromatic N) is 1. The van der Waals surface area contributed by atoms with Crippen LogP contribution in [0, 0.1) is 15.9 Å². The molecule has 0 aliphatic heterocycles. The minimum absolute atomic E-state index is 0.157. The zero-order valence-corrected chi connectivity index (χ0v) is 14.5. The molecule has 3 rings (SSSR count).